The summed E-state index contributed by atoms with van der Waals surface area (Å²) in [7, 11) is 1.28. The summed E-state index contributed by atoms with van der Waals surface area (Å²) in [6.07, 6.45) is 6.29. The van der Waals surface area contributed by atoms with Crippen molar-refractivity contribution >= 4 is 17.9 Å². The maximum Gasteiger partial charge on any atom is 0.407 e. The number of carbonyl (C=O) groups excluding carboxylic acids is 3. The number of likely N-dealkylation sites (tertiary alicyclic amines) is 2. The number of imidazole rings is 2. The normalized spacial score (nSPS) is 17.2. The number of ether oxygens (including phenoxy) is 1. The molecule has 3 amide bonds. The minimum Gasteiger partial charge on any atom is -0.453 e. The topological polar surface area (TPSA) is 157 Å². The first-order chi connectivity index (χ1) is 27.4. The first-order valence-electron chi connectivity index (χ1n) is 18.9. The molecule has 56 heavy (non-hydrogen) atoms. The number of amides is 3. The van der Waals surface area contributed by atoms with Crippen LogP contribution < -0.4 is 5.32 Å². The number of carbonyl (C=O) groups is 3. The Labute approximate surface area is 324 Å². The predicted octanol–water partition coefficient (Wildman–Crippen LogP) is 7.36. The first kappa shape index (κ1) is 36.4. The van der Waals surface area contributed by atoms with E-state index in [1.807, 2.05) is 41.4 Å². The van der Waals surface area contributed by atoms with Crippen molar-refractivity contribution in [3.8, 4) is 33.6 Å². The third-order valence-electron chi connectivity index (χ3n) is 10.8. The number of alkyl carbamates (subject to hydrolysis) is 1. The standard InChI is InChI=1S/C44H43N7O5/c1-56-44(55)49-39(33-7-3-2-4-8-33)43(54)51-24-6-10-38(51)41-46-26-36(48-41)32-21-17-30(18-22-32)29-15-19-31(20-16-29)35-25-45-40(47-35)37-9-5-23-50(37)42(53)34-13-11-28(27-52)12-14-34/h2-4,7-8,11-22,25-26,37-39,52H,5-6,9-10,23-24,27H2,1H3,(H,45,47)(H,46,48)(H,49,55)/t37-,38-,39+/m0/s1. The lowest BCUT2D eigenvalue weighted by Gasteiger charge is -2.28. The fourth-order valence-electron chi connectivity index (χ4n) is 7.79. The van der Waals surface area contributed by atoms with E-state index < -0.39 is 12.1 Å². The summed E-state index contributed by atoms with van der Waals surface area (Å²) in [6, 6.07) is 31.6. The molecule has 6 aromatic rings. The van der Waals surface area contributed by atoms with Gasteiger partial charge in [-0.3, -0.25) is 9.59 Å². The number of H-pyrrole nitrogens is 2. The van der Waals surface area contributed by atoms with E-state index in [9.17, 15) is 19.5 Å². The number of aliphatic hydroxyl groups is 1. The molecular weight excluding hydrogens is 707 g/mol. The minimum absolute atomic E-state index is 0.0331. The van der Waals surface area contributed by atoms with Gasteiger partial charge in [0.2, 0.25) is 0 Å². The highest BCUT2D eigenvalue weighted by Gasteiger charge is 2.37. The number of methoxy groups -OCH3 is 1. The molecule has 0 bridgehead atoms. The molecule has 2 saturated heterocycles. The molecule has 0 aliphatic carbocycles. The van der Waals surface area contributed by atoms with Gasteiger partial charge in [0.1, 0.15) is 17.7 Å². The Kier molecular flexibility index (Phi) is 10.5. The molecule has 4 N–H and O–H groups in total. The largest absolute Gasteiger partial charge is 0.453 e. The van der Waals surface area contributed by atoms with E-state index in [0.717, 1.165) is 70.7 Å². The third kappa shape index (κ3) is 7.43. The number of aromatic amines is 2. The molecule has 0 unspecified atom stereocenters. The molecule has 12 nitrogen and oxygen atoms in total. The van der Waals surface area contributed by atoms with Crippen LogP contribution in [0.25, 0.3) is 33.6 Å². The zero-order valence-electron chi connectivity index (χ0n) is 31.0. The van der Waals surface area contributed by atoms with Crippen molar-refractivity contribution in [3.05, 3.63) is 144 Å². The van der Waals surface area contributed by atoms with Crippen LogP contribution in [0.15, 0.2) is 116 Å². The van der Waals surface area contributed by atoms with Gasteiger partial charge in [-0.1, -0.05) is 91.0 Å². The van der Waals surface area contributed by atoms with Crippen LogP contribution in [-0.2, 0) is 16.1 Å². The number of nitrogens with zero attached hydrogens (tertiary/aromatic N) is 4. The summed E-state index contributed by atoms with van der Waals surface area (Å²) >= 11 is 0. The second-order valence-corrected chi connectivity index (χ2v) is 14.2. The molecule has 8 rings (SSSR count). The third-order valence-corrected chi connectivity index (χ3v) is 10.8. The van der Waals surface area contributed by atoms with Crippen molar-refractivity contribution in [3.63, 3.8) is 0 Å². The molecule has 2 aliphatic rings. The molecule has 2 aliphatic heterocycles. The molecule has 3 atom stereocenters. The van der Waals surface area contributed by atoms with E-state index in [1.165, 1.54) is 7.11 Å². The number of rotatable bonds is 10. The molecule has 4 heterocycles. The average Bonchev–Trinajstić information content (AvgIpc) is 4.10. The number of nitrogens with one attached hydrogen (secondary N) is 3. The number of aromatic nitrogens is 4. The van der Waals surface area contributed by atoms with Gasteiger partial charge in [-0.05, 0) is 71.2 Å². The number of hydrogen-bond donors (Lipinski definition) is 4. The Morgan fingerprint density at radius 2 is 1.25 bits per heavy atom. The van der Waals surface area contributed by atoms with E-state index in [0.29, 0.717) is 30.0 Å². The Hall–Kier alpha value is -6.53. The molecule has 2 fully saturated rings. The SMILES string of the molecule is COC(=O)N[C@@H](C(=O)N1CCC[C@H]1c1ncc(-c2ccc(-c3ccc(-c4cnc([C@@H]5CCCN5C(=O)c5ccc(CO)cc5)[nH]4)cc3)cc2)[nH]1)c1ccccc1. The highest BCUT2D eigenvalue weighted by molar-refractivity contribution is 5.94. The van der Waals surface area contributed by atoms with E-state index in [2.05, 4.69) is 63.8 Å². The molecular formula is C44H43N7O5. The summed E-state index contributed by atoms with van der Waals surface area (Å²) in [4.78, 5) is 59.4. The molecule has 0 saturated carbocycles. The van der Waals surface area contributed by atoms with Crippen molar-refractivity contribution in [2.45, 2.75) is 50.4 Å². The fraction of sp³-hybridized carbons (Fsp3) is 0.250. The van der Waals surface area contributed by atoms with Gasteiger partial charge in [0.15, 0.2) is 0 Å². The monoisotopic (exact) mass is 749 g/mol. The zero-order chi connectivity index (χ0) is 38.6. The van der Waals surface area contributed by atoms with Gasteiger partial charge < -0.3 is 34.9 Å². The Bertz CT molecular complexity index is 2300. The van der Waals surface area contributed by atoms with Crippen LogP contribution in [-0.4, -0.2) is 72.9 Å². The maximum atomic E-state index is 13.9. The predicted molar refractivity (Wildman–Crippen MR) is 211 cm³/mol. The summed E-state index contributed by atoms with van der Waals surface area (Å²) in [6.45, 7) is 1.17. The Balaban J connectivity index is 0.926. The van der Waals surface area contributed by atoms with E-state index in [-0.39, 0.29) is 30.5 Å². The smallest absolute Gasteiger partial charge is 0.407 e. The molecule has 0 spiro atoms. The summed E-state index contributed by atoms with van der Waals surface area (Å²) in [5.41, 5.74) is 7.91. The lowest BCUT2D eigenvalue weighted by Crippen LogP contribution is -2.42. The summed E-state index contributed by atoms with van der Waals surface area (Å²) < 4.78 is 4.82. The van der Waals surface area contributed by atoms with Crippen molar-refractivity contribution in [1.29, 1.82) is 0 Å². The lowest BCUT2D eigenvalue weighted by atomic mass is 10.0. The van der Waals surface area contributed by atoms with Crippen LogP contribution in [0.5, 0.6) is 0 Å². The van der Waals surface area contributed by atoms with Gasteiger partial charge in [0.25, 0.3) is 11.8 Å². The van der Waals surface area contributed by atoms with Crippen molar-refractivity contribution in [2.75, 3.05) is 20.2 Å². The maximum absolute atomic E-state index is 13.9. The van der Waals surface area contributed by atoms with Gasteiger partial charge in [-0.2, -0.15) is 0 Å². The molecule has 4 aromatic carbocycles. The summed E-state index contributed by atoms with van der Waals surface area (Å²) in [5.74, 6) is 1.24. The van der Waals surface area contributed by atoms with E-state index in [4.69, 9.17) is 14.7 Å². The van der Waals surface area contributed by atoms with E-state index in [1.54, 1.807) is 35.4 Å². The second kappa shape index (κ2) is 16.1. The molecule has 0 radical (unpaired) electrons. The lowest BCUT2D eigenvalue weighted by molar-refractivity contribution is -0.134. The van der Waals surface area contributed by atoms with Crippen LogP contribution in [0.1, 0.15) is 76.9 Å². The number of benzene rings is 4. The number of hydrogen-bond acceptors (Lipinski definition) is 7. The fourth-order valence-corrected chi connectivity index (χ4v) is 7.79. The molecule has 2 aromatic heterocycles. The van der Waals surface area contributed by atoms with Gasteiger partial charge in [0.05, 0.1) is 49.6 Å². The van der Waals surface area contributed by atoms with Crippen LogP contribution in [0.2, 0.25) is 0 Å². The minimum atomic E-state index is -0.874. The van der Waals surface area contributed by atoms with Crippen LogP contribution in [0, 0.1) is 0 Å². The molecule has 12 heteroatoms. The van der Waals surface area contributed by atoms with Crippen LogP contribution >= 0.6 is 0 Å². The highest BCUT2D eigenvalue weighted by atomic mass is 16.5. The van der Waals surface area contributed by atoms with Gasteiger partial charge in [0, 0.05) is 18.7 Å². The number of aliphatic hydroxyl groups excluding tert-OH is 1. The zero-order valence-corrected chi connectivity index (χ0v) is 31.0. The van der Waals surface area contributed by atoms with Gasteiger partial charge in [-0.25, -0.2) is 14.8 Å². The van der Waals surface area contributed by atoms with Crippen molar-refractivity contribution in [1.82, 2.24) is 35.1 Å². The van der Waals surface area contributed by atoms with Gasteiger partial charge >= 0.3 is 6.09 Å². The van der Waals surface area contributed by atoms with Crippen molar-refractivity contribution in [2.24, 2.45) is 0 Å². The first-order valence-corrected chi connectivity index (χ1v) is 18.9. The van der Waals surface area contributed by atoms with E-state index >= 15 is 0 Å². The van der Waals surface area contributed by atoms with Crippen LogP contribution in [0.3, 0.4) is 0 Å². The van der Waals surface area contributed by atoms with Gasteiger partial charge in [-0.15, -0.1) is 0 Å². The molecule has 284 valence electrons. The summed E-state index contributed by atoms with van der Waals surface area (Å²) in [5, 5.41) is 12.1. The van der Waals surface area contributed by atoms with Crippen LogP contribution in [0.4, 0.5) is 4.79 Å². The van der Waals surface area contributed by atoms with Crippen molar-refractivity contribution < 1.29 is 24.2 Å². The quantitative estimate of drug-likeness (QED) is 0.114. The average molecular weight is 750 g/mol. The highest BCUT2D eigenvalue weighted by Crippen LogP contribution is 2.36. The Morgan fingerprint density at radius 1 is 0.732 bits per heavy atom. The second-order valence-electron chi connectivity index (χ2n) is 14.2. The Morgan fingerprint density at radius 3 is 1.79 bits per heavy atom.